The number of aryl methyl sites for hydroxylation is 3. The van der Waals surface area contributed by atoms with Gasteiger partial charge in [-0.2, -0.15) is 5.10 Å². The molecule has 3 aromatic carbocycles. The third kappa shape index (κ3) is 5.04. The van der Waals surface area contributed by atoms with Gasteiger partial charge >= 0.3 is 0 Å². The largest absolute Gasteiger partial charge is 0.454 e. The number of benzene rings is 3. The molecule has 0 saturated heterocycles. The summed E-state index contributed by atoms with van der Waals surface area (Å²) in [5.41, 5.74) is 6.39. The molecule has 0 spiro atoms. The fraction of sp³-hybridized carbons (Fsp3) is 0.200. The monoisotopic (exact) mass is 479 g/mol. The van der Waals surface area contributed by atoms with Crippen LogP contribution in [-0.2, 0) is 14.8 Å². The van der Waals surface area contributed by atoms with Gasteiger partial charge in [-0.05, 0) is 79.9 Å². The van der Waals surface area contributed by atoms with Crippen molar-refractivity contribution in [3.8, 4) is 11.5 Å². The fourth-order valence-corrected chi connectivity index (χ4v) is 4.78. The van der Waals surface area contributed by atoms with E-state index >= 15 is 0 Å². The van der Waals surface area contributed by atoms with Crippen molar-refractivity contribution in [2.75, 3.05) is 17.6 Å². The number of amides is 1. The first-order valence-electron chi connectivity index (χ1n) is 10.6. The Morgan fingerprint density at radius 1 is 0.971 bits per heavy atom. The maximum atomic E-state index is 13.5. The van der Waals surface area contributed by atoms with Crippen LogP contribution in [0.5, 0.6) is 11.5 Å². The lowest BCUT2D eigenvalue weighted by Crippen LogP contribution is -2.39. The maximum Gasteiger partial charge on any atom is 0.264 e. The first-order valence-corrected chi connectivity index (χ1v) is 12.1. The maximum absolute atomic E-state index is 13.5. The lowest BCUT2D eigenvalue weighted by atomic mass is 10.1. The van der Waals surface area contributed by atoms with Crippen LogP contribution in [0.1, 0.15) is 22.3 Å². The fourth-order valence-electron chi connectivity index (χ4n) is 3.37. The molecule has 1 N–H and O–H groups in total. The standard InChI is InChI=1S/C25H25N3O5S/c1-17-4-9-22(10-5-17)34(30,31)28(21-8-6-18(2)19(3)12-21)15-25(29)27-26-14-20-7-11-23-24(13-20)33-16-32-23/h4-14H,15-16H2,1-3H3,(H,27,29)/b26-14-. The minimum Gasteiger partial charge on any atom is -0.454 e. The molecule has 1 aliphatic rings. The number of carbonyl (C=O) groups is 1. The smallest absolute Gasteiger partial charge is 0.264 e. The highest BCUT2D eigenvalue weighted by Crippen LogP contribution is 2.32. The second-order valence-corrected chi connectivity index (χ2v) is 9.86. The van der Waals surface area contributed by atoms with Gasteiger partial charge in [-0.1, -0.05) is 23.8 Å². The van der Waals surface area contributed by atoms with E-state index < -0.39 is 22.5 Å². The topological polar surface area (TPSA) is 97.3 Å². The predicted molar refractivity (Wildman–Crippen MR) is 130 cm³/mol. The van der Waals surface area contributed by atoms with Crippen molar-refractivity contribution < 1.29 is 22.7 Å². The Morgan fingerprint density at radius 2 is 1.71 bits per heavy atom. The van der Waals surface area contributed by atoms with Crippen LogP contribution in [0.25, 0.3) is 0 Å². The van der Waals surface area contributed by atoms with Crippen LogP contribution in [0.2, 0.25) is 0 Å². The van der Waals surface area contributed by atoms with E-state index in [9.17, 15) is 13.2 Å². The third-order valence-electron chi connectivity index (χ3n) is 5.47. The molecule has 1 heterocycles. The van der Waals surface area contributed by atoms with Crippen LogP contribution >= 0.6 is 0 Å². The van der Waals surface area contributed by atoms with Crippen LogP contribution in [0, 0.1) is 20.8 Å². The molecular formula is C25H25N3O5S. The molecule has 0 saturated carbocycles. The number of rotatable bonds is 7. The van der Waals surface area contributed by atoms with Crippen LogP contribution < -0.4 is 19.2 Å². The molecule has 1 aliphatic heterocycles. The Balaban J connectivity index is 1.55. The van der Waals surface area contributed by atoms with Gasteiger partial charge in [-0.3, -0.25) is 9.10 Å². The lowest BCUT2D eigenvalue weighted by molar-refractivity contribution is -0.119. The number of anilines is 1. The highest BCUT2D eigenvalue weighted by molar-refractivity contribution is 7.92. The van der Waals surface area contributed by atoms with Crippen molar-refractivity contribution in [1.29, 1.82) is 0 Å². The third-order valence-corrected chi connectivity index (χ3v) is 7.26. The summed E-state index contributed by atoms with van der Waals surface area (Å²) in [6, 6.07) is 17.1. The minimum atomic E-state index is -3.99. The van der Waals surface area contributed by atoms with Gasteiger partial charge in [0.2, 0.25) is 6.79 Å². The van der Waals surface area contributed by atoms with Gasteiger partial charge in [0, 0.05) is 0 Å². The Kier molecular flexibility index (Phi) is 6.56. The number of nitrogens with one attached hydrogen (secondary N) is 1. The molecule has 0 aliphatic carbocycles. The summed E-state index contributed by atoms with van der Waals surface area (Å²) in [6.07, 6.45) is 1.45. The van der Waals surface area contributed by atoms with Crippen LogP contribution in [-0.4, -0.2) is 33.9 Å². The van der Waals surface area contributed by atoms with E-state index in [0.29, 0.717) is 22.7 Å². The summed E-state index contributed by atoms with van der Waals surface area (Å²) in [7, 11) is -3.99. The van der Waals surface area contributed by atoms with E-state index in [1.807, 2.05) is 26.8 Å². The van der Waals surface area contributed by atoms with E-state index in [4.69, 9.17) is 9.47 Å². The molecule has 1 amide bonds. The zero-order valence-electron chi connectivity index (χ0n) is 19.1. The number of hydrogen-bond donors (Lipinski definition) is 1. The Bertz CT molecular complexity index is 1350. The summed E-state index contributed by atoms with van der Waals surface area (Å²) >= 11 is 0. The first-order chi connectivity index (χ1) is 16.2. The molecule has 0 atom stereocenters. The van der Waals surface area contributed by atoms with Gasteiger partial charge in [0.05, 0.1) is 16.8 Å². The summed E-state index contributed by atoms with van der Waals surface area (Å²) < 4.78 is 38.6. The summed E-state index contributed by atoms with van der Waals surface area (Å²) in [4.78, 5) is 12.8. The van der Waals surface area contributed by atoms with Crippen molar-refractivity contribution in [2.45, 2.75) is 25.7 Å². The number of hydrogen-bond acceptors (Lipinski definition) is 6. The molecule has 0 aromatic heterocycles. The Labute approximate surface area is 198 Å². The van der Waals surface area contributed by atoms with Gasteiger partial charge in [0.15, 0.2) is 11.5 Å². The summed E-state index contributed by atoms with van der Waals surface area (Å²) in [5.74, 6) is 0.665. The molecule has 0 bridgehead atoms. The average Bonchev–Trinajstić information content (AvgIpc) is 3.27. The minimum absolute atomic E-state index is 0.105. The molecule has 176 valence electrons. The normalized spacial score (nSPS) is 12.7. The van der Waals surface area contributed by atoms with Gasteiger partial charge in [-0.25, -0.2) is 13.8 Å². The zero-order valence-corrected chi connectivity index (χ0v) is 19.9. The van der Waals surface area contributed by atoms with Crippen LogP contribution in [0.4, 0.5) is 5.69 Å². The molecule has 9 heteroatoms. The van der Waals surface area contributed by atoms with E-state index in [1.165, 1.54) is 18.3 Å². The van der Waals surface area contributed by atoms with Crippen molar-refractivity contribution in [3.05, 3.63) is 82.9 Å². The summed E-state index contributed by atoms with van der Waals surface area (Å²) in [6.45, 7) is 5.44. The van der Waals surface area contributed by atoms with Crippen LogP contribution in [0.3, 0.4) is 0 Å². The van der Waals surface area contributed by atoms with E-state index in [2.05, 4.69) is 10.5 Å². The number of sulfonamides is 1. The predicted octanol–water partition coefficient (Wildman–Crippen LogP) is 3.69. The van der Waals surface area contributed by atoms with E-state index in [0.717, 1.165) is 21.0 Å². The van der Waals surface area contributed by atoms with Gasteiger partial charge in [0.1, 0.15) is 6.54 Å². The highest BCUT2D eigenvalue weighted by Gasteiger charge is 2.27. The number of fused-ring (bicyclic) bond motifs is 1. The molecule has 0 unspecified atom stereocenters. The number of nitrogens with zero attached hydrogens (tertiary/aromatic N) is 2. The Morgan fingerprint density at radius 3 is 2.44 bits per heavy atom. The van der Waals surface area contributed by atoms with Gasteiger partial charge in [-0.15, -0.1) is 0 Å². The van der Waals surface area contributed by atoms with Crippen molar-refractivity contribution >= 4 is 27.8 Å². The summed E-state index contributed by atoms with van der Waals surface area (Å²) in [5, 5.41) is 3.97. The van der Waals surface area contributed by atoms with Crippen LogP contribution in [0.15, 0.2) is 70.7 Å². The van der Waals surface area contributed by atoms with Crippen molar-refractivity contribution in [3.63, 3.8) is 0 Å². The first kappa shape index (κ1) is 23.3. The van der Waals surface area contributed by atoms with E-state index in [1.54, 1.807) is 42.5 Å². The van der Waals surface area contributed by atoms with Gasteiger partial charge in [0.25, 0.3) is 15.9 Å². The second-order valence-electron chi connectivity index (χ2n) is 8.00. The number of ether oxygens (including phenoxy) is 2. The zero-order chi connectivity index (χ0) is 24.3. The highest BCUT2D eigenvalue weighted by atomic mass is 32.2. The van der Waals surface area contributed by atoms with Gasteiger partial charge < -0.3 is 9.47 Å². The molecule has 8 nitrogen and oxygen atoms in total. The van der Waals surface area contributed by atoms with E-state index in [-0.39, 0.29) is 11.7 Å². The Hall–Kier alpha value is -3.85. The number of carbonyl (C=O) groups excluding carboxylic acids is 1. The average molecular weight is 480 g/mol. The second kappa shape index (κ2) is 9.56. The molecule has 34 heavy (non-hydrogen) atoms. The molecule has 3 aromatic rings. The molecule has 0 radical (unpaired) electrons. The number of hydrazone groups is 1. The molecule has 0 fully saturated rings. The SMILES string of the molecule is Cc1ccc(S(=O)(=O)N(CC(=O)N/N=C\c2ccc3c(c2)OCO3)c2ccc(C)c(C)c2)cc1. The van der Waals surface area contributed by atoms with Crippen molar-refractivity contribution in [1.82, 2.24) is 5.43 Å². The molecular weight excluding hydrogens is 454 g/mol. The quantitative estimate of drug-likeness (QED) is 0.412. The molecule has 4 rings (SSSR count). The lowest BCUT2D eigenvalue weighted by Gasteiger charge is -2.24. The van der Waals surface area contributed by atoms with Crippen molar-refractivity contribution in [2.24, 2.45) is 5.10 Å².